The summed E-state index contributed by atoms with van der Waals surface area (Å²) in [7, 11) is -1.70. The molecule has 0 aliphatic carbocycles. The van der Waals surface area contributed by atoms with Crippen LogP contribution >= 0.6 is 0 Å². The lowest BCUT2D eigenvalue weighted by atomic mass is 10.0. The lowest BCUT2D eigenvalue weighted by molar-refractivity contribution is -0.112. The third kappa shape index (κ3) is 3.55. The normalized spacial score (nSPS) is 20.3. The molecule has 6 heteroatoms. The van der Waals surface area contributed by atoms with Gasteiger partial charge < -0.3 is 9.53 Å². The topological polar surface area (TPSA) is 63.7 Å². The third-order valence-corrected chi connectivity index (χ3v) is 4.46. The van der Waals surface area contributed by atoms with E-state index < -0.39 is 10.0 Å². The van der Waals surface area contributed by atoms with Crippen LogP contribution in [0.25, 0.3) is 0 Å². The molecule has 5 nitrogen and oxygen atoms in total. The summed E-state index contributed by atoms with van der Waals surface area (Å²) in [6.07, 6.45) is 2.19. The summed E-state index contributed by atoms with van der Waals surface area (Å²) in [5, 5.41) is 0. The van der Waals surface area contributed by atoms with Crippen molar-refractivity contribution >= 4 is 16.3 Å². The molecule has 0 aromatic heterocycles. The Kier molecular flexibility index (Phi) is 4.69. The molecule has 0 unspecified atom stereocenters. The zero-order chi connectivity index (χ0) is 11.3. The molecular formula is C9H17NO4S. The van der Waals surface area contributed by atoms with Gasteiger partial charge >= 0.3 is 0 Å². The van der Waals surface area contributed by atoms with Crippen molar-refractivity contribution in [3.8, 4) is 0 Å². The van der Waals surface area contributed by atoms with Crippen molar-refractivity contribution in [1.29, 1.82) is 0 Å². The van der Waals surface area contributed by atoms with Crippen LogP contribution in [-0.4, -0.2) is 51.6 Å². The number of aldehydes is 1. The minimum Gasteiger partial charge on any atom is -0.384 e. The molecule has 1 saturated heterocycles. The van der Waals surface area contributed by atoms with E-state index in [9.17, 15) is 13.2 Å². The van der Waals surface area contributed by atoms with Gasteiger partial charge in [0.25, 0.3) is 0 Å². The van der Waals surface area contributed by atoms with Crippen molar-refractivity contribution in [3.05, 3.63) is 0 Å². The summed E-state index contributed by atoms with van der Waals surface area (Å²) in [6, 6.07) is 0. The number of piperidine rings is 1. The van der Waals surface area contributed by atoms with E-state index in [0.717, 1.165) is 6.29 Å². The van der Waals surface area contributed by atoms with Crippen LogP contribution in [0.2, 0.25) is 0 Å². The SMILES string of the molecule is COCCS(=O)(=O)N1CCC(C=O)CC1. The van der Waals surface area contributed by atoms with Crippen LogP contribution in [0.15, 0.2) is 0 Å². The summed E-state index contributed by atoms with van der Waals surface area (Å²) < 4.78 is 29.6. The smallest absolute Gasteiger partial charge is 0.216 e. The fourth-order valence-corrected chi connectivity index (χ4v) is 3.01. The maximum absolute atomic E-state index is 11.7. The standard InChI is InChI=1S/C9H17NO4S/c1-14-6-7-15(12,13)10-4-2-9(8-11)3-5-10/h8-9H,2-7H2,1H3. The second-order valence-corrected chi connectivity index (χ2v) is 5.77. The molecule has 1 heterocycles. The van der Waals surface area contributed by atoms with Gasteiger partial charge in [-0.25, -0.2) is 12.7 Å². The maximum Gasteiger partial charge on any atom is 0.216 e. The molecule has 88 valence electrons. The number of sulfonamides is 1. The molecule has 1 rings (SSSR count). The Morgan fingerprint density at radius 1 is 1.40 bits per heavy atom. The number of rotatable bonds is 5. The van der Waals surface area contributed by atoms with E-state index in [2.05, 4.69) is 0 Å². The highest BCUT2D eigenvalue weighted by atomic mass is 32.2. The van der Waals surface area contributed by atoms with Gasteiger partial charge in [-0.15, -0.1) is 0 Å². The maximum atomic E-state index is 11.7. The molecule has 0 N–H and O–H groups in total. The fraction of sp³-hybridized carbons (Fsp3) is 0.889. The highest BCUT2D eigenvalue weighted by molar-refractivity contribution is 7.89. The van der Waals surface area contributed by atoms with Crippen LogP contribution in [0.5, 0.6) is 0 Å². The van der Waals surface area contributed by atoms with Crippen LogP contribution in [0.3, 0.4) is 0 Å². The van der Waals surface area contributed by atoms with E-state index in [4.69, 9.17) is 4.74 Å². The zero-order valence-corrected chi connectivity index (χ0v) is 9.70. The number of nitrogens with zero attached hydrogens (tertiary/aromatic N) is 1. The first-order valence-corrected chi connectivity index (χ1v) is 6.63. The Labute approximate surface area is 90.4 Å². The molecule has 1 aliphatic heterocycles. The minimum atomic E-state index is -3.18. The van der Waals surface area contributed by atoms with Gasteiger partial charge in [0.05, 0.1) is 12.4 Å². The minimum absolute atomic E-state index is 0.0231. The number of carbonyl (C=O) groups is 1. The van der Waals surface area contributed by atoms with Crippen LogP contribution in [0, 0.1) is 5.92 Å². The first-order chi connectivity index (χ1) is 7.10. The summed E-state index contributed by atoms with van der Waals surface area (Å²) in [5.41, 5.74) is 0. The second-order valence-electron chi connectivity index (χ2n) is 3.68. The van der Waals surface area contributed by atoms with Crippen LogP contribution < -0.4 is 0 Å². The van der Waals surface area contributed by atoms with Gasteiger partial charge in [0.15, 0.2) is 0 Å². The lowest BCUT2D eigenvalue weighted by Crippen LogP contribution is -2.40. The van der Waals surface area contributed by atoms with Crippen molar-refractivity contribution in [2.45, 2.75) is 12.8 Å². The molecule has 1 aliphatic rings. The molecule has 0 saturated carbocycles. The Morgan fingerprint density at radius 2 is 2.00 bits per heavy atom. The highest BCUT2D eigenvalue weighted by Gasteiger charge is 2.27. The zero-order valence-electron chi connectivity index (χ0n) is 8.89. The van der Waals surface area contributed by atoms with Gasteiger partial charge in [0, 0.05) is 26.1 Å². The number of hydrogen-bond acceptors (Lipinski definition) is 4. The number of hydrogen-bond donors (Lipinski definition) is 0. The number of ether oxygens (including phenoxy) is 1. The lowest BCUT2D eigenvalue weighted by Gasteiger charge is -2.28. The van der Waals surface area contributed by atoms with E-state index in [0.29, 0.717) is 25.9 Å². The molecule has 0 spiro atoms. The first-order valence-electron chi connectivity index (χ1n) is 5.02. The van der Waals surface area contributed by atoms with Crippen LogP contribution in [0.4, 0.5) is 0 Å². The third-order valence-electron chi connectivity index (χ3n) is 2.63. The monoisotopic (exact) mass is 235 g/mol. The van der Waals surface area contributed by atoms with Gasteiger partial charge in [-0.05, 0) is 12.8 Å². The molecule has 15 heavy (non-hydrogen) atoms. The van der Waals surface area contributed by atoms with E-state index in [1.165, 1.54) is 11.4 Å². The van der Waals surface area contributed by atoms with Crippen molar-refractivity contribution < 1.29 is 17.9 Å². The molecule has 0 radical (unpaired) electrons. The summed E-state index contributed by atoms with van der Waals surface area (Å²) in [6.45, 7) is 1.13. The Hall–Kier alpha value is -0.460. The molecule has 0 aromatic carbocycles. The summed E-state index contributed by atoms with van der Waals surface area (Å²) >= 11 is 0. The molecular weight excluding hydrogens is 218 g/mol. The van der Waals surface area contributed by atoms with Gasteiger partial charge in [0.1, 0.15) is 6.29 Å². The predicted octanol–water partition coefficient (Wildman–Crippen LogP) is -0.127. The molecule has 0 aromatic rings. The van der Waals surface area contributed by atoms with E-state index in [1.54, 1.807) is 0 Å². The quantitative estimate of drug-likeness (QED) is 0.623. The van der Waals surface area contributed by atoms with E-state index in [-0.39, 0.29) is 18.3 Å². The summed E-state index contributed by atoms with van der Waals surface area (Å²) in [5.74, 6) is 0.0498. The molecule has 1 fully saturated rings. The van der Waals surface area contributed by atoms with E-state index in [1.807, 2.05) is 0 Å². The van der Waals surface area contributed by atoms with Gasteiger partial charge in [-0.1, -0.05) is 0 Å². The Morgan fingerprint density at radius 3 is 2.47 bits per heavy atom. The predicted molar refractivity (Wildman–Crippen MR) is 56.0 cm³/mol. The van der Waals surface area contributed by atoms with Crippen LogP contribution in [-0.2, 0) is 19.6 Å². The Balaban J connectivity index is 2.48. The largest absolute Gasteiger partial charge is 0.384 e. The second kappa shape index (κ2) is 5.58. The van der Waals surface area contributed by atoms with Gasteiger partial charge in [0.2, 0.25) is 10.0 Å². The number of carbonyl (C=O) groups excluding carboxylic acids is 1. The fourth-order valence-electron chi connectivity index (χ4n) is 1.61. The van der Waals surface area contributed by atoms with Crippen molar-refractivity contribution in [3.63, 3.8) is 0 Å². The number of methoxy groups -OCH3 is 1. The molecule has 0 atom stereocenters. The first kappa shape index (κ1) is 12.6. The van der Waals surface area contributed by atoms with Crippen molar-refractivity contribution in [2.24, 2.45) is 5.92 Å². The average Bonchev–Trinajstić information content (AvgIpc) is 2.26. The Bertz CT molecular complexity index is 293. The highest BCUT2D eigenvalue weighted by Crippen LogP contribution is 2.17. The van der Waals surface area contributed by atoms with Crippen molar-refractivity contribution in [1.82, 2.24) is 4.31 Å². The van der Waals surface area contributed by atoms with Crippen molar-refractivity contribution in [2.75, 3.05) is 32.6 Å². The van der Waals surface area contributed by atoms with Gasteiger partial charge in [-0.3, -0.25) is 0 Å². The van der Waals surface area contributed by atoms with Gasteiger partial charge in [-0.2, -0.15) is 0 Å². The molecule has 0 bridgehead atoms. The van der Waals surface area contributed by atoms with Crippen LogP contribution in [0.1, 0.15) is 12.8 Å². The average molecular weight is 235 g/mol. The van der Waals surface area contributed by atoms with E-state index >= 15 is 0 Å². The molecule has 0 amide bonds. The summed E-state index contributed by atoms with van der Waals surface area (Å²) in [4.78, 5) is 10.5.